The van der Waals surface area contributed by atoms with E-state index in [2.05, 4.69) is 60.2 Å². The Balaban J connectivity index is 1.40. The number of rotatable bonds is 8. The summed E-state index contributed by atoms with van der Waals surface area (Å²) in [4.78, 5) is 19.6. The molecule has 160 valence electrons. The van der Waals surface area contributed by atoms with E-state index in [1.54, 1.807) is 12.3 Å². The van der Waals surface area contributed by atoms with Crippen LogP contribution < -0.4 is 9.47 Å². The molecule has 1 fully saturated rings. The molecule has 3 aromatic rings. The van der Waals surface area contributed by atoms with E-state index in [-0.39, 0.29) is 23.6 Å². The third kappa shape index (κ3) is 4.93. The van der Waals surface area contributed by atoms with Gasteiger partial charge in [-0.2, -0.15) is 0 Å². The molecule has 0 bridgehead atoms. The van der Waals surface area contributed by atoms with Crippen molar-refractivity contribution in [3.63, 3.8) is 0 Å². The first kappa shape index (κ1) is 21.0. The highest BCUT2D eigenvalue weighted by Crippen LogP contribution is 2.34. The molecule has 1 heterocycles. The van der Waals surface area contributed by atoms with Crippen LogP contribution in [0.15, 0.2) is 60.8 Å². The van der Waals surface area contributed by atoms with Crippen LogP contribution in [0.1, 0.15) is 67.5 Å². The molecule has 0 N–H and O–H groups in total. The number of ether oxygens (including phenoxy) is 2. The average molecular weight is 417 g/mol. The third-order valence-electron chi connectivity index (χ3n) is 5.92. The van der Waals surface area contributed by atoms with E-state index in [9.17, 15) is 4.79 Å². The van der Waals surface area contributed by atoms with Crippen molar-refractivity contribution in [2.24, 2.45) is 0 Å². The molecule has 1 saturated carbocycles. The van der Waals surface area contributed by atoms with E-state index in [0.29, 0.717) is 11.8 Å². The summed E-state index contributed by atoms with van der Waals surface area (Å²) in [7, 11) is 0. The third-order valence-corrected chi connectivity index (χ3v) is 5.92. The van der Waals surface area contributed by atoms with Gasteiger partial charge in [0.25, 0.3) is 0 Å². The van der Waals surface area contributed by atoms with Crippen molar-refractivity contribution in [2.45, 2.75) is 58.2 Å². The molecule has 0 spiro atoms. The van der Waals surface area contributed by atoms with Crippen molar-refractivity contribution in [1.29, 1.82) is 0 Å². The summed E-state index contributed by atoms with van der Waals surface area (Å²) in [5.41, 5.74) is 2.97. The van der Waals surface area contributed by atoms with E-state index in [1.165, 1.54) is 24.5 Å². The van der Waals surface area contributed by atoms with Crippen LogP contribution in [0.3, 0.4) is 0 Å². The molecule has 2 aromatic carbocycles. The Hall–Kier alpha value is -3.21. The summed E-state index contributed by atoms with van der Waals surface area (Å²) >= 11 is 0. The van der Waals surface area contributed by atoms with E-state index >= 15 is 0 Å². The summed E-state index contributed by atoms with van der Waals surface area (Å²) < 4.78 is 11.8. The Morgan fingerprint density at radius 2 is 1.58 bits per heavy atom. The highest BCUT2D eigenvalue weighted by atomic mass is 16.5. The first-order valence-corrected chi connectivity index (χ1v) is 10.8. The van der Waals surface area contributed by atoms with Gasteiger partial charge in [-0.15, -0.1) is 0 Å². The van der Waals surface area contributed by atoms with Crippen molar-refractivity contribution in [2.75, 3.05) is 0 Å². The lowest BCUT2D eigenvalue weighted by molar-refractivity contribution is 0.100. The van der Waals surface area contributed by atoms with Crippen LogP contribution in [0.5, 0.6) is 11.5 Å². The summed E-state index contributed by atoms with van der Waals surface area (Å²) in [5, 5.41) is 0. The number of carbonyl (C=O) groups is 1. The van der Waals surface area contributed by atoms with Gasteiger partial charge in [0.2, 0.25) is 0 Å². The molecule has 0 aliphatic heterocycles. The molecular formula is C26H28N2O3. The molecule has 1 aliphatic carbocycles. The van der Waals surface area contributed by atoms with Gasteiger partial charge in [-0.3, -0.25) is 4.79 Å². The second kappa shape index (κ2) is 8.88. The number of carbonyl (C=O) groups excluding carboxylic acids is 1. The molecule has 5 heteroatoms. The van der Waals surface area contributed by atoms with E-state index < -0.39 is 0 Å². The fourth-order valence-corrected chi connectivity index (χ4v) is 3.57. The lowest BCUT2D eigenvalue weighted by Crippen LogP contribution is -2.24. The molecule has 0 radical (unpaired) electrons. The maximum atomic E-state index is 11.4. The van der Waals surface area contributed by atoms with Gasteiger partial charge in [-0.25, -0.2) is 9.97 Å². The molecule has 5 nitrogen and oxygen atoms in total. The van der Waals surface area contributed by atoms with Gasteiger partial charge in [-0.05, 0) is 60.7 Å². The molecule has 1 aromatic heterocycles. The monoisotopic (exact) mass is 416 g/mol. The SMILES string of the molecule is CC(=O)c1nccc(COc2ccc(C(C)(C)c3ccc(OC4CCC4)cc3)cc2)n1. The highest BCUT2D eigenvalue weighted by Gasteiger charge is 2.24. The Bertz CT molecular complexity index is 1040. The first-order chi connectivity index (χ1) is 14.9. The minimum absolute atomic E-state index is 0.142. The highest BCUT2D eigenvalue weighted by molar-refractivity contribution is 5.90. The molecule has 31 heavy (non-hydrogen) atoms. The maximum Gasteiger partial charge on any atom is 0.196 e. The van der Waals surface area contributed by atoms with Gasteiger partial charge in [0, 0.05) is 18.5 Å². The van der Waals surface area contributed by atoms with Crippen LogP contribution in [0.2, 0.25) is 0 Å². The van der Waals surface area contributed by atoms with Crippen LogP contribution in [-0.2, 0) is 12.0 Å². The lowest BCUT2D eigenvalue weighted by Gasteiger charge is -2.28. The van der Waals surface area contributed by atoms with Crippen LogP contribution in [0.4, 0.5) is 0 Å². The Morgan fingerprint density at radius 1 is 0.968 bits per heavy atom. The zero-order chi connectivity index (χ0) is 21.8. The molecule has 4 rings (SSSR count). The maximum absolute atomic E-state index is 11.4. The largest absolute Gasteiger partial charge is 0.490 e. The smallest absolute Gasteiger partial charge is 0.196 e. The van der Waals surface area contributed by atoms with E-state index in [1.807, 2.05) is 12.1 Å². The first-order valence-electron chi connectivity index (χ1n) is 10.8. The number of Topliss-reactive ketones (excluding diaryl/α,β-unsaturated/α-hetero) is 1. The summed E-state index contributed by atoms with van der Waals surface area (Å²) in [6.45, 7) is 6.17. The minimum atomic E-state index is -0.156. The number of benzene rings is 2. The number of ketones is 1. The molecule has 0 amide bonds. The predicted octanol–water partition coefficient (Wildman–Crippen LogP) is 5.52. The lowest BCUT2D eigenvalue weighted by atomic mass is 9.78. The summed E-state index contributed by atoms with van der Waals surface area (Å²) in [6.07, 6.45) is 5.57. The second-order valence-corrected chi connectivity index (χ2v) is 8.56. The van der Waals surface area contributed by atoms with Gasteiger partial charge in [0.1, 0.15) is 18.1 Å². The number of nitrogens with zero attached hydrogens (tertiary/aromatic N) is 2. The fraction of sp³-hybridized carbons (Fsp3) is 0.346. The number of hydrogen-bond donors (Lipinski definition) is 0. The average Bonchev–Trinajstić information content (AvgIpc) is 2.75. The standard InChI is InChI=1S/C26H28N2O3/c1-18(29)25-27-16-15-21(28-25)17-30-22-11-7-19(8-12-22)26(2,3)20-9-13-24(14-10-20)31-23-5-4-6-23/h7-16,23H,4-6,17H2,1-3H3. The zero-order valence-corrected chi connectivity index (χ0v) is 18.3. The van der Waals surface area contributed by atoms with Crippen LogP contribution in [0, 0.1) is 0 Å². The molecular weight excluding hydrogens is 388 g/mol. The Labute approximate surface area is 183 Å². The normalized spacial score (nSPS) is 14.0. The van der Waals surface area contributed by atoms with Crippen molar-refractivity contribution in [3.8, 4) is 11.5 Å². The van der Waals surface area contributed by atoms with Gasteiger partial charge in [-0.1, -0.05) is 38.1 Å². The quantitative estimate of drug-likeness (QED) is 0.453. The van der Waals surface area contributed by atoms with Gasteiger partial charge < -0.3 is 9.47 Å². The minimum Gasteiger partial charge on any atom is -0.490 e. The summed E-state index contributed by atoms with van der Waals surface area (Å²) in [5.74, 6) is 1.76. The van der Waals surface area contributed by atoms with Crippen LogP contribution in [0.25, 0.3) is 0 Å². The molecule has 0 unspecified atom stereocenters. The molecule has 0 saturated heterocycles. The predicted molar refractivity (Wildman–Crippen MR) is 120 cm³/mol. The van der Waals surface area contributed by atoms with Gasteiger partial charge >= 0.3 is 0 Å². The Morgan fingerprint density at radius 3 is 2.13 bits per heavy atom. The van der Waals surface area contributed by atoms with Gasteiger partial charge in [0.15, 0.2) is 11.6 Å². The number of hydrogen-bond acceptors (Lipinski definition) is 5. The molecule has 1 aliphatic rings. The van der Waals surface area contributed by atoms with Crippen LogP contribution in [-0.4, -0.2) is 21.9 Å². The topological polar surface area (TPSA) is 61.3 Å². The molecule has 0 atom stereocenters. The van der Waals surface area contributed by atoms with Gasteiger partial charge in [0.05, 0.1) is 11.8 Å². The van der Waals surface area contributed by atoms with E-state index in [0.717, 1.165) is 24.3 Å². The summed E-state index contributed by atoms with van der Waals surface area (Å²) in [6, 6.07) is 18.3. The van der Waals surface area contributed by atoms with Crippen molar-refractivity contribution in [3.05, 3.63) is 83.4 Å². The van der Waals surface area contributed by atoms with Crippen molar-refractivity contribution < 1.29 is 14.3 Å². The van der Waals surface area contributed by atoms with E-state index in [4.69, 9.17) is 9.47 Å². The number of aromatic nitrogens is 2. The Kier molecular flexibility index (Phi) is 6.03. The van der Waals surface area contributed by atoms with Crippen molar-refractivity contribution in [1.82, 2.24) is 9.97 Å². The fourth-order valence-electron chi connectivity index (χ4n) is 3.57. The van der Waals surface area contributed by atoms with Crippen molar-refractivity contribution >= 4 is 5.78 Å². The van der Waals surface area contributed by atoms with Crippen LogP contribution >= 0.6 is 0 Å². The zero-order valence-electron chi connectivity index (χ0n) is 18.3. The second-order valence-electron chi connectivity index (χ2n) is 8.56.